The summed E-state index contributed by atoms with van der Waals surface area (Å²) in [5, 5.41) is 39.2. The fraction of sp³-hybridized carbons (Fsp3) is 0.235. The summed E-state index contributed by atoms with van der Waals surface area (Å²) in [6.45, 7) is 2.76. The van der Waals surface area contributed by atoms with Crippen molar-refractivity contribution in [3.8, 4) is 23.0 Å². The summed E-state index contributed by atoms with van der Waals surface area (Å²) in [4.78, 5) is 12.6. The Labute approximate surface area is 136 Å². The smallest absolute Gasteiger partial charge is 0.147 e. The lowest BCUT2D eigenvalue weighted by Gasteiger charge is -2.20. The Bertz CT molecular complexity index is 692. The lowest BCUT2D eigenvalue weighted by molar-refractivity contribution is -0.121. The van der Waals surface area contributed by atoms with Gasteiger partial charge in [-0.05, 0) is 0 Å². The molecular formula is C17H16F2O5. The average molecular weight is 338 g/mol. The van der Waals surface area contributed by atoms with Crippen LogP contribution >= 0.6 is 0 Å². The number of aromatic hydroxyl groups is 4. The average Bonchev–Trinajstić information content (AvgIpc) is 2.43. The number of hydrogen-bond donors (Lipinski definition) is 4. The molecule has 0 saturated carbocycles. The van der Waals surface area contributed by atoms with Crippen LogP contribution in [0.15, 0.2) is 24.3 Å². The first kappa shape index (κ1) is 17.5. The van der Waals surface area contributed by atoms with E-state index in [1.807, 2.05) is 0 Å². The Morgan fingerprint density at radius 1 is 0.750 bits per heavy atom. The van der Waals surface area contributed by atoms with Crippen LogP contribution in [0.4, 0.5) is 8.78 Å². The zero-order chi connectivity index (χ0) is 18.2. The molecule has 0 fully saturated rings. The normalized spacial score (nSPS) is 13.5. The van der Waals surface area contributed by atoms with Crippen molar-refractivity contribution in [2.75, 3.05) is 0 Å². The molecule has 5 nitrogen and oxygen atoms in total. The molecule has 0 aliphatic carbocycles. The molecule has 0 amide bonds. The van der Waals surface area contributed by atoms with Gasteiger partial charge in [0, 0.05) is 47.2 Å². The zero-order valence-corrected chi connectivity index (χ0v) is 12.9. The maximum absolute atomic E-state index is 13.1. The van der Waals surface area contributed by atoms with Gasteiger partial charge in [0.05, 0.1) is 0 Å². The summed E-state index contributed by atoms with van der Waals surface area (Å²) in [5.74, 6) is -6.80. The zero-order valence-electron chi connectivity index (χ0n) is 12.9. The Hall–Kier alpha value is -2.83. The summed E-state index contributed by atoms with van der Waals surface area (Å²) in [6, 6.07) is 3.04. The van der Waals surface area contributed by atoms with E-state index in [4.69, 9.17) is 0 Å². The molecule has 2 rings (SSSR count). The molecule has 0 radical (unpaired) electrons. The summed E-state index contributed by atoms with van der Waals surface area (Å²) < 4.78 is 26.3. The van der Waals surface area contributed by atoms with Crippen LogP contribution in [0, 0.1) is 11.6 Å². The Kier molecular flexibility index (Phi) is 4.64. The largest absolute Gasteiger partial charge is 0.507 e. The molecule has 0 aliphatic rings. The molecule has 2 atom stereocenters. The third-order valence-electron chi connectivity index (χ3n) is 3.92. The van der Waals surface area contributed by atoms with E-state index in [2.05, 4.69) is 0 Å². The predicted octanol–water partition coefficient (Wildman–Crippen LogP) is 3.26. The molecule has 4 N–H and O–H groups in total. The Morgan fingerprint density at radius 3 is 1.25 bits per heavy atom. The molecule has 7 heteroatoms. The number of rotatable bonds is 4. The van der Waals surface area contributed by atoms with Crippen molar-refractivity contribution < 1.29 is 34.0 Å². The van der Waals surface area contributed by atoms with Gasteiger partial charge in [-0.25, -0.2) is 8.78 Å². The van der Waals surface area contributed by atoms with E-state index in [1.54, 1.807) is 0 Å². The first-order valence-corrected chi connectivity index (χ1v) is 7.10. The van der Waals surface area contributed by atoms with Crippen LogP contribution in [-0.2, 0) is 4.79 Å². The number of benzene rings is 2. The van der Waals surface area contributed by atoms with Gasteiger partial charge in [0.25, 0.3) is 0 Å². The maximum Gasteiger partial charge on any atom is 0.147 e. The van der Waals surface area contributed by atoms with Gasteiger partial charge in [0.15, 0.2) is 0 Å². The van der Waals surface area contributed by atoms with Crippen LogP contribution in [-0.4, -0.2) is 26.2 Å². The molecule has 0 heterocycles. The highest BCUT2D eigenvalue weighted by Gasteiger charge is 2.30. The van der Waals surface area contributed by atoms with Crippen LogP contribution in [0.1, 0.15) is 36.8 Å². The Balaban J connectivity index is 2.42. The van der Waals surface area contributed by atoms with Crippen LogP contribution in [0.3, 0.4) is 0 Å². The van der Waals surface area contributed by atoms with Gasteiger partial charge >= 0.3 is 0 Å². The third-order valence-corrected chi connectivity index (χ3v) is 3.92. The second kappa shape index (κ2) is 6.35. The van der Waals surface area contributed by atoms with E-state index >= 15 is 0 Å². The van der Waals surface area contributed by atoms with E-state index in [1.165, 1.54) is 13.8 Å². The van der Waals surface area contributed by atoms with Crippen molar-refractivity contribution >= 4 is 5.78 Å². The van der Waals surface area contributed by atoms with Crippen LogP contribution in [0.2, 0.25) is 0 Å². The van der Waals surface area contributed by atoms with E-state index in [0.717, 1.165) is 24.3 Å². The van der Waals surface area contributed by atoms with Gasteiger partial charge in [-0.15, -0.1) is 0 Å². The number of phenols is 4. The highest BCUT2D eigenvalue weighted by molar-refractivity contribution is 5.93. The molecular weight excluding hydrogens is 322 g/mol. The fourth-order valence-electron chi connectivity index (χ4n) is 2.73. The van der Waals surface area contributed by atoms with E-state index in [0.29, 0.717) is 0 Å². The Morgan fingerprint density at radius 2 is 1.00 bits per heavy atom. The minimum absolute atomic E-state index is 0.172. The summed E-state index contributed by atoms with van der Waals surface area (Å²) in [6.07, 6.45) is 0. The molecule has 2 unspecified atom stereocenters. The van der Waals surface area contributed by atoms with Gasteiger partial charge in [-0.3, -0.25) is 4.79 Å². The van der Waals surface area contributed by atoms with Gasteiger partial charge in [-0.2, -0.15) is 0 Å². The minimum Gasteiger partial charge on any atom is -0.507 e. The second-order valence-electron chi connectivity index (χ2n) is 5.56. The van der Waals surface area contributed by atoms with Gasteiger partial charge in [0.1, 0.15) is 40.4 Å². The first-order valence-electron chi connectivity index (χ1n) is 7.10. The molecule has 0 bridgehead atoms. The van der Waals surface area contributed by atoms with E-state index in [-0.39, 0.29) is 11.1 Å². The number of carbonyl (C=O) groups excluding carboxylic acids is 1. The van der Waals surface area contributed by atoms with E-state index in [9.17, 15) is 34.0 Å². The fourth-order valence-corrected chi connectivity index (χ4v) is 2.73. The predicted molar refractivity (Wildman–Crippen MR) is 81.3 cm³/mol. The van der Waals surface area contributed by atoms with Crippen molar-refractivity contribution in [2.45, 2.75) is 25.7 Å². The van der Waals surface area contributed by atoms with Crippen molar-refractivity contribution in [1.82, 2.24) is 0 Å². The minimum atomic E-state index is -1.07. The number of halogens is 2. The lowest BCUT2D eigenvalue weighted by Crippen LogP contribution is -2.17. The molecule has 0 saturated heterocycles. The summed E-state index contributed by atoms with van der Waals surface area (Å²) in [5.41, 5.74) is -0.344. The summed E-state index contributed by atoms with van der Waals surface area (Å²) >= 11 is 0. The van der Waals surface area contributed by atoms with Crippen LogP contribution < -0.4 is 0 Å². The highest BCUT2D eigenvalue weighted by atomic mass is 19.1. The van der Waals surface area contributed by atoms with Gasteiger partial charge in [0.2, 0.25) is 0 Å². The van der Waals surface area contributed by atoms with Crippen LogP contribution in [0.25, 0.3) is 0 Å². The maximum atomic E-state index is 13.1. The highest BCUT2D eigenvalue weighted by Crippen LogP contribution is 2.41. The quantitative estimate of drug-likeness (QED) is 0.686. The number of carbonyl (C=O) groups is 1. The SMILES string of the molecule is CC(C(=O)C(C)c1c(O)cc(F)cc1O)c1c(O)cc(F)cc1O. The first-order chi connectivity index (χ1) is 11.1. The van der Waals surface area contributed by atoms with Crippen molar-refractivity contribution in [2.24, 2.45) is 0 Å². The molecule has 0 aromatic heterocycles. The van der Waals surface area contributed by atoms with Gasteiger partial charge < -0.3 is 20.4 Å². The number of hydrogen-bond acceptors (Lipinski definition) is 5. The second-order valence-corrected chi connectivity index (χ2v) is 5.56. The lowest BCUT2D eigenvalue weighted by atomic mass is 9.84. The molecule has 2 aromatic rings. The molecule has 0 aliphatic heterocycles. The summed E-state index contributed by atoms with van der Waals surface area (Å²) in [7, 11) is 0. The topological polar surface area (TPSA) is 98.0 Å². The van der Waals surface area contributed by atoms with Crippen LogP contribution in [0.5, 0.6) is 23.0 Å². The molecule has 128 valence electrons. The van der Waals surface area contributed by atoms with E-state index < -0.39 is 52.3 Å². The molecule has 2 aromatic carbocycles. The number of Topliss-reactive ketones (excluding diaryl/α,β-unsaturated/α-hetero) is 1. The third kappa shape index (κ3) is 3.10. The monoisotopic (exact) mass is 338 g/mol. The standard InChI is InChI=1S/C17H16F2O5/c1-7(15-11(20)3-9(18)4-12(15)21)17(24)8(2)16-13(22)5-10(19)6-14(16)23/h3-8,20-23H,1-2H3. The number of ketones is 1. The van der Waals surface area contributed by atoms with Crippen molar-refractivity contribution in [3.63, 3.8) is 0 Å². The van der Waals surface area contributed by atoms with Crippen molar-refractivity contribution in [1.29, 1.82) is 0 Å². The number of phenolic OH excluding ortho intramolecular Hbond substituents is 4. The molecule has 24 heavy (non-hydrogen) atoms. The molecule has 0 spiro atoms. The van der Waals surface area contributed by atoms with Crippen molar-refractivity contribution in [3.05, 3.63) is 47.0 Å². The van der Waals surface area contributed by atoms with Gasteiger partial charge in [-0.1, -0.05) is 13.8 Å².